The van der Waals surface area contributed by atoms with Crippen molar-refractivity contribution in [1.29, 1.82) is 0 Å². The number of rotatable bonds is 2. The first-order valence-electron chi connectivity index (χ1n) is 2.20. The average Bonchev–Trinajstić information content (AvgIpc) is 1.27. The molecule has 0 spiro atoms. The van der Waals surface area contributed by atoms with Gasteiger partial charge < -0.3 is 0 Å². The van der Waals surface area contributed by atoms with Crippen molar-refractivity contribution in [2.45, 2.75) is 12.4 Å². The fourth-order valence-corrected chi connectivity index (χ4v) is 0.551. The van der Waals surface area contributed by atoms with Gasteiger partial charge >= 0.3 is 0 Å². The van der Waals surface area contributed by atoms with E-state index < -0.39 is 0 Å². The summed E-state index contributed by atoms with van der Waals surface area (Å²) in [6.07, 6.45) is 0. The van der Waals surface area contributed by atoms with E-state index in [-0.39, 0.29) is 5.50 Å². The molecule has 0 fully saturated rings. The molecule has 3 heteroatoms. The van der Waals surface area contributed by atoms with Crippen LogP contribution in [0, 0.1) is 0 Å². The van der Waals surface area contributed by atoms with Gasteiger partial charge in [-0.05, 0) is 6.92 Å². The molecule has 7 heavy (non-hydrogen) atoms. The van der Waals surface area contributed by atoms with Gasteiger partial charge in [0.2, 0.25) is 0 Å². The second kappa shape index (κ2) is 3.24. The third-order valence-electron chi connectivity index (χ3n) is 0.436. The Kier molecular flexibility index (Phi) is 3.34. The summed E-state index contributed by atoms with van der Waals surface area (Å²) >= 11 is 5.52. The highest BCUT2D eigenvalue weighted by atomic mass is 35.5. The Morgan fingerprint density at radius 3 is 2.00 bits per heavy atom. The van der Waals surface area contributed by atoms with Crippen LogP contribution in [0.3, 0.4) is 0 Å². The quantitative estimate of drug-likeness (QED) is 0.329. The minimum absolute atomic E-state index is 0.0231. The van der Waals surface area contributed by atoms with Crippen LogP contribution in [0.15, 0.2) is 0 Å². The van der Waals surface area contributed by atoms with E-state index in [0.717, 1.165) is 0 Å². The van der Waals surface area contributed by atoms with Crippen LogP contribution in [0.25, 0.3) is 0 Å². The molecule has 0 aromatic heterocycles. The zero-order valence-electron chi connectivity index (χ0n) is 4.90. The maximum absolute atomic E-state index is 5.52. The smallest absolute Gasteiger partial charge is 0.0925 e. The molecule has 0 saturated carbocycles. The number of hydrogen-bond acceptors (Lipinski definition) is 2. The second-order valence-corrected chi connectivity index (χ2v) is 2.29. The number of nitrogens with zero attached hydrogens (tertiary/aromatic N) is 1. The zero-order chi connectivity index (χ0) is 5.86. The molecule has 2 nitrogen and oxygen atoms in total. The number of halogens is 1. The predicted molar refractivity (Wildman–Crippen MR) is 32.1 cm³/mol. The van der Waals surface area contributed by atoms with Gasteiger partial charge in [0.25, 0.3) is 0 Å². The summed E-state index contributed by atoms with van der Waals surface area (Å²) in [5.41, 5.74) is 2.93. The summed E-state index contributed by atoms with van der Waals surface area (Å²) in [5.74, 6) is 0. The van der Waals surface area contributed by atoms with Crippen LogP contribution >= 0.6 is 11.6 Å². The van der Waals surface area contributed by atoms with Crippen LogP contribution in [0.2, 0.25) is 0 Å². The molecule has 0 radical (unpaired) electrons. The Hall–Kier alpha value is 0.210. The van der Waals surface area contributed by atoms with E-state index in [1.165, 1.54) is 0 Å². The summed E-state index contributed by atoms with van der Waals surface area (Å²) < 4.78 is 0. The Balaban J connectivity index is 2.95. The van der Waals surface area contributed by atoms with Crippen molar-refractivity contribution in [2.75, 3.05) is 14.1 Å². The molecule has 0 bridgehead atoms. The molecule has 1 atom stereocenters. The first-order chi connectivity index (χ1) is 3.13. The minimum atomic E-state index is 0.0231. The molecular weight excluding hydrogens is 112 g/mol. The van der Waals surface area contributed by atoms with Crippen molar-refractivity contribution in [3.8, 4) is 0 Å². The first kappa shape index (κ1) is 7.21. The van der Waals surface area contributed by atoms with Crippen molar-refractivity contribution in [1.82, 2.24) is 10.4 Å². The molecule has 0 saturated heterocycles. The van der Waals surface area contributed by atoms with Gasteiger partial charge in [-0.1, -0.05) is 0 Å². The van der Waals surface area contributed by atoms with E-state index in [0.29, 0.717) is 0 Å². The number of alkyl halides is 1. The van der Waals surface area contributed by atoms with Crippen LogP contribution < -0.4 is 5.43 Å². The Morgan fingerprint density at radius 2 is 2.00 bits per heavy atom. The monoisotopic (exact) mass is 122 g/mol. The molecule has 44 valence electrons. The molecule has 0 aromatic carbocycles. The van der Waals surface area contributed by atoms with Crippen LogP contribution in [-0.4, -0.2) is 24.6 Å². The highest BCUT2D eigenvalue weighted by Gasteiger charge is 1.91. The van der Waals surface area contributed by atoms with Crippen LogP contribution in [0.4, 0.5) is 0 Å². The number of hydrazine groups is 1. The summed E-state index contributed by atoms with van der Waals surface area (Å²) in [7, 11) is 3.80. The average molecular weight is 123 g/mol. The topological polar surface area (TPSA) is 15.3 Å². The molecule has 0 aliphatic carbocycles. The van der Waals surface area contributed by atoms with Gasteiger partial charge in [-0.2, -0.15) is 0 Å². The van der Waals surface area contributed by atoms with Crippen molar-refractivity contribution < 1.29 is 0 Å². The Labute approximate surface area is 49.4 Å². The molecule has 0 aliphatic rings. The van der Waals surface area contributed by atoms with Gasteiger partial charge in [0.15, 0.2) is 0 Å². The molecule has 1 unspecified atom stereocenters. The van der Waals surface area contributed by atoms with Crippen molar-refractivity contribution in [3.63, 3.8) is 0 Å². The van der Waals surface area contributed by atoms with Crippen molar-refractivity contribution >= 4 is 11.6 Å². The lowest BCUT2D eigenvalue weighted by Gasteiger charge is -2.12. The Bertz CT molecular complexity index is 39.0. The predicted octanol–water partition coefficient (Wildman–Crippen LogP) is 0.637. The third-order valence-corrected chi connectivity index (χ3v) is 0.534. The van der Waals surface area contributed by atoms with Crippen LogP contribution in [0.5, 0.6) is 0 Å². The normalized spacial score (nSPS) is 15.0. The molecule has 0 rings (SSSR count). The highest BCUT2D eigenvalue weighted by molar-refractivity contribution is 6.20. The number of hydrogen-bond donors (Lipinski definition) is 1. The minimum Gasteiger partial charge on any atom is -0.249 e. The third kappa shape index (κ3) is 6.21. The summed E-state index contributed by atoms with van der Waals surface area (Å²) in [6.45, 7) is 1.88. The molecule has 0 heterocycles. The fraction of sp³-hybridized carbons (Fsp3) is 1.00. The van der Waals surface area contributed by atoms with E-state index >= 15 is 0 Å². The van der Waals surface area contributed by atoms with Gasteiger partial charge in [-0.3, -0.25) is 0 Å². The SMILES string of the molecule is CC(Cl)NN(C)C. The maximum atomic E-state index is 5.52. The van der Waals surface area contributed by atoms with Gasteiger partial charge in [-0.15, -0.1) is 11.6 Å². The summed E-state index contributed by atoms with van der Waals surface area (Å²) in [4.78, 5) is 0. The molecular formula is C4H11ClN2. The van der Waals surface area contributed by atoms with E-state index in [4.69, 9.17) is 11.6 Å². The standard InChI is InChI=1S/C4H11ClN2/c1-4(5)6-7(2)3/h4,6H,1-3H3. The highest BCUT2D eigenvalue weighted by Crippen LogP contribution is 1.84. The van der Waals surface area contributed by atoms with Gasteiger partial charge in [-0.25, -0.2) is 10.4 Å². The first-order valence-corrected chi connectivity index (χ1v) is 2.64. The van der Waals surface area contributed by atoms with Gasteiger partial charge in [0.1, 0.15) is 0 Å². The second-order valence-electron chi connectivity index (χ2n) is 1.64. The largest absolute Gasteiger partial charge is 0.249 e. The van der Waals surface area contributed by atoms with Crippen LogP contribution in [0.1, 0.15) is 6.92 Å². The van der Waals surface area contributed by atoms with E-state index in [1.54, 1.807) is 0 Å². The van der Waals surface area contributed by atoms with Crippen molar-refractivity contribution in [2.24, 2.45) is 0 Å². The van der Waals surface area contributed by atoms with Crippen molar-refractivity contribution in [3.05, 3.63) is 0 Å². The summed E-state index contributed by atoms with van der Waals surface area (Å²) in [6, 6.07) is 0. The lowest BCUT2D eigenvalue weighted by atomic mass is 10.8. The lowest BCUT2D eigenvalue weighted by Crippen LogP contribution is -2.34. The van der Waals surface area contributed by atoms with Gasteiger partial charge in [0, 0.05) is 14.1 Å². The fourth-order valence-electron chi connectivity index (χ4n) is 0.356. The summed E-state index contributed by atoms with van der Waals surface area (Å²) in [5, 5.41) is 1.82. The lowest BCUT2D eigenvalue weighted by molar-refractivity contribution is 0.284. The molecule has 1 N–H and O–H groups in total. The molecule has 0 aliphatic heterocycles. The van der Waals surface area contributed by atoms with Crippen LogP contribution in [-0.2, 0) is 0 Å². The molecule has 0 aromatic rings. The zero-order valence-corrected chi connectivity index (χ0v) is 5.66. The number of nitrogens with one attached hydrogen (secondary N) is 1. The Morgan fingerprint density at radius 1 is 1.57 bits per heavy atom. The van der Waals surface area contributed by atoms with Gasteiger partial charge in [0.05, 0.1) is 5.50 Å². The van der Waals surface area contributed by atoms with E-state index in [9.17, 15) is 0 Å². The maximum Gasteiger partial charge on any atom is 0.0925 e. The van der Waals surface area contributed by atoms with E-state index in [2.05, 4.69) is 5.43 Å². The molecule has 0 amide bonds. The van der Waals surface area contributed by atoms with E-state index in [1.807, 2.05) is 26.0 Å².